The Kier molecular flexibility index (Phi) is 5.85. The number of aromatic nitrogens is 1. The third kappa shape index (κ3) is 4.20. The van der Waals surface area contributed by atoms with Gasteiger partial charge in [-0.2, -0.15) is 4.99 Å². The molecule has 0 aliphatic carbocycles. The Morgan fingerprint density at radius 3 is 2.65 bits per heavy atom. The van der Waals surface area contributed by atoms with Crippen molar-refractivity contribution in [2.24, 2.45) is 4.99 Å². The van der Waals surface area contributed by atoms with Gasteiger partial charge in [-0.25, -0.2) is 0 Å². The van der Waals surface area contributed by atoms with Crippen molar-refractivity contribution in [2.75, 3.05) is 7.11 Å². The lowest BCUT2D eigenvalue weighted by Gasteiger charge is -2.04. The monoisotopic (exact) mass is 388 g/mol. The minimum absolute atomic E-state index is 0.0506. The van der Waals surface area contributed by atoms with E-state index in [-0.39, 0.29) is 12.5 Å². The molecule has 3 rings (SSSR count). The van der Waals surface area contributed by atoms with Crippen molar-refractivity contribution in [3.63, 3.8) is 0 Å². The van der Waals surface area contributed by atoms with Crippen molar-refractivity contribution >= 4 is 45.0 Å². The Bertz CT molecular complexity index is 1010. The van der Waals surface area contributed by atoms with Crippen LogP contribution in [0.3, 0.4) is 0 Å². The van der Waals surface area contributed by atoms with E-state index in [2.05, 4.69) is 4.99 Å². The fourth-order valence-electron chi connectivity index (χ4n) is 2.57. The number of methoxy groups -OCH3 is 1. The molecule has 0 bridgehead atoms. The van der Waals surface area contributed by atoms with Crippen molar-refractivity contribution < 1.29 is 14.3 Å². The molecule has 0 fully saturated rings. The first-order valence-electron chi connectivity index (χ1n) is 8.04. The molecule has 7 heteroatoms. The van der Waals surface area contributed by atoms with Gasteiger partial charge in [0.1, 0.15) is 6.54 Å². The van der Waals surface area contributed by atoms with Gasteiger partial charge in [-0.1, -0.05) is 59.3 Å². The third-order valence-electron chi connectivity index (χ3n) is 3.86. The molecule has 0 N–H and O–H groups in total. The maximum absolute atomic E-state index is 12.3. The number of rotatable bonds is 5. The van der Waals surface area contributed by atoms with Crippen LogP contribution >= 0.6 is 22.9 Å². The van der Waals surface area contributed by atoms with Gasteiger partial charge in [0.15, 0.2) is 4.80 Å². The first-order chi connectivity index (χ1) is 12.6. The second kappa shape index (κ2) is 8.29. The topological polar surface area (TPSA) is 60.7 Å². The molecule has 0 unspecified atom stereocenters. The van der Waals surface area contributed by atoms with Gasteiger partial charge in [-0.15, -0.1) is 0 Å². The number of aryl methyl sites for hydroxylation is 1. The van der Waals surface area contributed by atoms with Crippen molar-refractivity contribution in [3.8, 4) is 0 Å². The van der Waals surface area contributed by atoms with Crippen LogP contribution in [0, 0.1) is 0 Å². The number of carbonyl (C=O) groups is 2. The molecule has 0 radical (unpaired) electrons. The van der Waals surface area contributed by atoms with Gasteiger partial charge in [0.2, 0.25) is 5.91 Å². The Balaban J connectivity index is 1.93. The summed E-state index contributed by atoms with van der Waals surface area (Å²) in [5, 5.41) is 0.501. The zero-order valence-corrected chi connectivity index (χ0v) is 15.7. The summed E-state index contributed by atoms with van der Waals surface area (Å²) in [4.78, 5) is 28.8. The molecule has 0 aliphatic heterocycles. The number of hydrogen-bond acceptors (Lipinski definition) is 4. The SMILES string of the molecule is COC(=O)Cn1c(=NC(=O)CCc2ccccc2)sc2cccc(Cl)c21. The Morgan fingerprint density at radius 2 is 1.92 bits per heavy atom. The van der Waals surface area contributed by atoms with E-state index in [1.165, 1.54) is 18.4 Å². The average molecular weight is 389 g/mol. The molecule has 1 heterocycles. The number of halogens is 1. The second-order valence-corrected chi connectivity index (χ2v) is 7.04. The van der Waals surface area contributed by atoms with E-state index < -0.39 is 5.97 Å². The van der Waals surface area contributed by atoms with Gasteiger partial charge in [0.25, 0.3) is 0 Å². The highest BCUT2D eigenvalue weighted by Crippen LogP contribution is 2.25. The van der Waals surface area contributed by atoms with E-state index >= 15 is 0 Å². The number of carbonyl (C=O) groups excluding carboxylic acids is 2. The zero-order chi connectivity index (χ0) is 18.5. The third-order valence-corrected chi connectivity index (χ3v) is 5.21. The van der Waals surface area contributed by atoms with E-state index in [9.17, 15) is 9.59 Å². The Hall–Kier alpha value is -2.44. The first-order valence-corrected chi connectivity index (χ1v) is 9.24. The quantitative estimate of drug-likeness (QED) is 0.627. The summed E-state index contributed by atoms with van der Waals surface area (Å²) in [6.45, 7) is -0.0506. The molecule has 0 saturated carbocycles. The summed E-state index contributed by atoms with van der Waals surface area (Å²) in [7, 11) is 1.32. The van der Waals surface area contributed by atoms with Crippen LogP contribution in [0.5, 0.6) is 0 Å². The summed E-state index contributed by atoms with van der Waals surface area (Å²) in [6.07, 6.45) is 0.913. The van der Waals surface area contributed by atoms with Gasteiger partial charge in [0.05, 0.1) is 22.3 Å². The average Bonchev–Trinajstić information content (AvgIpc) is 2.99. The van der Waals surface area contributed by atoms with Gasteiger partial charge in [0, 0.05) is 6.42 Å². The Labute approximate surface area is 159 Å². The fourth-order valence-corrected chi connectivity index (χ4v) is 3.98. The number of nitrogens with zero attached hydrogens (tertiary/aromatic N) is 2. The van der Waals surface area contributed by atoms with Gasteiger partial charge < -0.3 is 9.30 Å². The number of hydrogen-bond donors (Lipinski definition) is 0. The van der Waals surface area contributed by atoms with Crippen LogP contribution in [0.4, 0.5) is 0 Å². The smallest absolute Gasteiger partial charge is 0.325 e. The Morgan fingerprint density at radius 1 is 1.15 bits per heavy atom. The summed E-state index contributed by atoms with van der Waals surface area (Å²) in [5.74, 6) is -0.669. The first kappa shape index (κ1) is 18.4. The van der Waals surface area contributed by atoms with E-state index in [1.54, 1.807) is 10.6 Å². The highest BCUT2D eigenvalue weighted by molar-refractivity contribution is 7.16. The predicted molar refractivity (Wildman–Crippen MR) is 102 cm³/mol. The lowest BCUT2D eigenvalue weighted by Crippen LogP contribution is -2.22. The molecule has 2 aromatic carbocycles. The number of esters is 1. The fraction of sp³-hybridized carbons (Fsp3) is 0.211. The van der Waals surface area contributed by atoms with E-state index in [4.69, 9.17) is 16.3 Å². The molecular formula is C19H17ClN2O3S. The van der Waals surface area contributed by atoms with E-state index in [0.29, 0.717) is 28.2 Å². The lowest BCUT2D eigenvalue weighted by atomic mass is 10.1. The molecule has 0 aliphatic rings. The number of benzene rings is 2. The highest BCUT2D eigenvalue weighted by atomic mass is 35.5. The normalized spacial score (nSPS) is 11.7. The van der Waals surface area contributed by atoms with Gasteiger partial charge >= 0.3 is 5.97 Å². The van der Waals surface area contributed by atoms with E-state index in [0.717, 1.165) is 10.3 Å². The second-order valence-electron chi connectivity index (χ2n) is 5.62. The summed E-state index contributed by atoms with van der Waals surface area (Å²) in [5.41, 5.74) is 1.76. The summed E-state index contributed by atoms with van der Waals surface area (Å²) >= 11 is 7.61. The van der Waals surface area contributed by atoms with Crippen molar-refractivity contribution in [2.45, 2.75) is 19.4 Å². The van der Waals surface area contributed by atoms with Crippen LogP contribution in [0.15, 0.2) is 53.5 Å². The minimum Gasteiger partial charge on any atom is -0.468 e. The molecule has 3 aromatic rings. The van der Waals surface area contributed by atoms with Crippen LogP contribution < -0.4 is 4.80 Å². The van der Waals surface area contributed by atoms with Crippen LogP contribution in [-0.2, 0) is 27.3 Å². The largest absolute Gasteiger partial charge is 0.468 e. The summed E-state index contributed by atoms with van der Waals surface area (Å²) in [6, 6.07) is 15.2. The number of fused-ring (bicyclic) bond motifs is 1. The molecule has 134 valence electrons. The van der Waals surface area contributed by atoms with Crippen molar-refractivity contribution in [3.05, 3.63) is 63.9 Å². The number of para-hydroxylation sites is 1. The van der Waals surface area contributed by atoms with Crippen LogP contribution in [-0.4, -0.2) is 23.6 Å². The zero-order valence-electron chi connectivity index (χ0n) is 14.1. The van der Waals surface area contributed by atoms with Crippen LogP contribution in [0.2, 0.25) is 5.02 Å². The van der Waals surface area contributed by atoms with Crippen molar-refractivity contribution in [1.29, 1.82) is 0 Å². The van der Waals surface area contributed by atoms with Gasteiger partial charge in [-0.3, -0.25) is 9.59 Å². The summed E-state index contributed by atoms with van der Waals surface area (Å²) < 4.78 is 7.24. The maximum Gasteiger partial charge on any atom is 0.325 e. The van der Waals surface area contributed by atoms with Crippen LogP contribution in [0.1, 0.15) is 12.0 Å². The number of thiazole rings is 1. The van der Waals surface area contributed by atoms with E-state index in [1.807, 2.05) is 42.5 Å². The predicted octanol–water partition coefficient (Wildman–Crippen LogP) is 3.59. The van der Waals surface area contributed by atoms with Crippen LogP contribution in [0.25, 0.3) is 10.2 Å². The molecule has 26 heavy (non-hydrogen) atoms. The molecule has 1 aromatic heterocycles. The molecule has 0 spiro atoms. The lowest BCUT2D eigenvalue weighted by molar-refractivity contribution is -0.141. The maximum atomic E-state index is 12.3. The molecular weight excluding hydrogens is 372 g/mol. The minimum atomic E-state index is -0.428. The highest BCUT2D eigenvalue weighted by Gasteiger charge is 2.14. The molecule has 5 nitrogen and oxygen atoms in total. The number of amides is 1. The molecule has 0 atom stereocenters. The van der Waals surface area contributed by atoms with Gasteiger partial charge in [-0.05, 0) is 24.1 Å². The standard InChI is InChI=1S/C19H17ClN2O3S/c1-25-17(24)12-22-18-14(20)8-5-9-15(18)26-19(22)21-16(23)11-10-13-6-3-2-4-7-13/h2-9H,10-12H2,1H3. The van der Waals surface area contributed by atoms with Crippen molar-refractivity contribution in [1.82, 2.24) is 4.57 Å². The molecule has 1 amide bonds. The molecule has 0 saturated heterocycles. The number of ether oxygens (including phenoxy) is 1.